The number of nitrogens with one attached hydrogen (secondary N) is 1. The Kier molecular flexibility index (Phi) is 5.40. The zero-order valence-corrected chi connectivity index (χ0v) is 13.3. The van der Waals surface area contributed by atoms with E-state index in [1.54, 1.807) is 0 Å². The Labute approximate surface area is 128 Å². The molecular formula is C19H26N2. The van der Waals surface area contributed by atoms with Crippen molar-refractivity contribution < 1.29 is 0 Å². The molecule has 0 aliphatic carbocycles. The van der Waals surface area contributed by atoms with Gasteiger partial charge in [0.2, 0.25) is 0 Å². The first-order chi connectivity index (χ1) is 10.1. The maximum atomic E-state index is 5.96. The summed E-state index contributed by atoms with van der Waals surface area (Å²) < 4.78 is 0. The van der Waals surface area contributed by atoms with Crippen molar-refractivity contribution >= 4 is 5.69 Å². The summed E-state index contributed by atoms with van der Waals surface area (Å²) in [4.78, 5) is 0. The molecule has 2 nitrogen and oxygen atoms in total. The molecule has 2 rings (SSSR count). The van der Waals surface area contributed by atoms with Crippen LogP contribution in [0.5, 0.6) is 0 Å². The third-order valence-corrected chi connectivity index (χ3v) is 3.74. The zero-order valence-electron chi connectivity index (χ0n) is 13.3. The molecule has 1 unspecified atom stereocenters. The van der Waals surface area contributed by atoms with Crippen molar-refractivity contribution in [3.8, 4) is 0 Å². The van der Waals surface area contributed by atoms with Crippen LogP contribution in [-0.4, -0.2) is 6.54 Å². The number of aryl methyl sites for hydroxylation is 1. The summed E-state index contributed by atoms with van der Waals surface area (Å²) in [5, 5.41) is 3.55. The molecule has 2 aromatic carbocycles. The number of hydrogen-bond acceptors (Lipinski definition) is 2. The summed E-state index contributed by atoms with van der Waals surface area (Å²) in [6.45, 7) is 7.19. The van der Waals surface area contributed by atoms with Gasteiger partial charge in [-0.1, -0.05) is 56.3 Å². The molecule has 21 heavy (non-hydrogen) atoms. The van der Waals surface area contributed by atoms with E-state index >= 15 is 0 Å². The van der Waals surface area contributed by atoms with Crippen LogP contribution >= 0.6 is 0 Å². The highest BCUT2D eigenvalue weighted by atomic mass is 14.9. The summed E-state index contributed by atoms with van der Waals surface area (Å²) >= 11 is 0. The molecule has 0 saturated carbocycles. The second-order valence-electron chi connectivity index (χ2n) is 6.09. The molecule has 0 bridgehead atoms. The van der Waals surface area contributed by atoms with E-state index in [9.17, 15) is 0 Å². The van der Waals surface area contributed by atoms with Gasteiger partial charge in [0.15, 0.2) is 0 Å². The lowest BCUT2D eigenvalue weighted by Crippen LogP contribution is -2.21. The topological polar surface area (TPSA) is 38.0 Å². The SMILES string of the molecule is Cc1ccccc1NC(CN)c1ccc(CC(C)C)cc1. The summed E-state index contributed by atoms with van der Waals surface area (Å²) in [6.07, 6.45) is 1.12. The third-order valence-electron chi connectivity index (χ3n) is 3.74. The van der Waals surface area contributed by atoms with Crippen molar-refractivity contribution in [2.75, 3.05) is 11.9 Å². The van der Waals surface area contributed by atoms with Crippen LogP contribution in [0.15, 0.2) is 48.5 Å². The molecule has 0 fully saturated rings. The summed E-state index contributed by atoms with van der Waals surface area (Å²) in [5.74, 6) is 0.686. The Balaban J connectivity index is 2.12. The van der Waals surface area contributed by atoms with Crippen LogP contribution in [0.2, 0.25) is 0 Å². The lowest BCUT2D eigenvalue weighted by atomic mass is 9.99. The smallest absolute Gasteiger partial charge is 0.0636 e. The molecule has 2 aromatic rings. The summed E-state index contributed by atoms with van der Waals surface area (Å²) in [6, 6.07) is 17.3. The van der Waals surface area contributed by atoms with E-state index in [2.05, 4.69) is 74.6 Å². The highest BCUT2D eigenvalue weighted by molar-refractivity contribution is 5.52. The number of hydrogen-bond donors (Lipinski definition) is 2. The van der Waals surface area contributed by atoms with Crippen molar-refractivity contribution in [1.29, 1.82) is 0 Å². The van der Waals surface area contributed by atoms with Gasteiger partial charge in [0.05, 0.1) is 6.04 Å². The predicted molar refractivity (Wildman–Crippen MR) is 91.6 cm³/mol. The second-order valence-corrected chi connectivity index (χ2v) is 6.09. The number of para-hydroxylation sites is 1. The van der Waals surface area contributed by atoms with Crippen LogP contribution in [-0.2, 0) is 6.42 Å². The Bertz CT molecular complexity index is 558. The standard InChI is InChI=1S/C19H26N2/c1-14(2)12-16-8-10-17(11-9-16)19(13-20)21-18-7-5-4-6-15(18)3/h4-11,14,19,21H,12-13,20H2,1-3H3. The quantitative estimate of drug-likeness (QED) is 0.828. The summed E-state index contributed by atoms with van der Waals surface area (Å²) in [5.41, 5.74) is 11.0. The molecule has 112 valence electrons. The average molecular weight is 282 g/mol. The van der Waals surface area contributed by atoms with Crippen LogP contribution in [0.1, 0.15) is 36.6 Å². The average Bonchev–Trinajstić information content (AvgIpc) is 2.47. The molecule has 3 N–H and O–H groups in total. The third kappa shape index (κ3) is 4.33. The molecule has 0 amide bonds. The van der Waals surface area contributed by atoms with E-state index in [1.807, 2.05) is 0 Å². The van der Waals surface area contributed by atoms with E-state index in [0.29, 0.717) is 12.5 Å². The maximum absolute atomic E-state index is 5.96. The van der Waals surface area contributed by atoms with Gasteiger partial charge in [0.1, 0.15) is 0 Å². The van der Waals surface area contributed by atoms with Gasteiger partial charge in [-0.05, 0) is 42.0 Å². The molecule has 0 spiro atoms. The van der Waals surface area contributed by atoms with Crippen LogP contribution in [0.4, 0.5) is 5.69 Å². The number of benzene rings is 2. The maximum Gasteiger partial charge on any atom is 0.0636 e. The van der Waals surface area contributed by atoms with Crippen LogP contribution < -0.4 is 11.1 Å². The second kappa shape index (κ2) is 7.28. The molecular weight excluding hydrogens is 256 g/mol. The largest absolute Gasteiger partial charge is 0.377 e. The van der Waals surface area contributed by atoms with Crippen molar-refractivity contribution in [3.63, 3.8) is 0 Å². The first-order valence-electron chi connectivity index (χ1n) is 7.71. The molecule has 1 atom stereocenters. The summed E-state index contributed by atoms with van der Waals surface area (Å²) in [7, 11) is 0. The Morgan fingerprint density at radius 3 is 2.24 bits per heavy atom. The minimum Gasteiger partial charge on any atom is -0.377 e. The molecule has 0 aliphatic heterocycles. The van der Waals surface area contributed by atoms with Gasteiger partial charge < -0.3 is 11.1 Å². The Morgan fingerprint density at radius 2 is 1.67 bits per heavy atom. The molecule has 0 heterocycles. The van der Waals surface area contributed by atoms with Gasteiger partial charge in [-0.15, -0.1) is 0 Å². The molecule has 0 aromatic heterocycles. The molecule has 0 saturated heterocycles. The van der Waals surface area contributed by atoms with Gasteiger partial charge >= 0.3 is 0 Å². The minimum absolute atomic E-state index is 0.152. The van der Waals surface area contributed by atoms with Crippen LogP contribution in [0, 0.1) is 12.8 Å². The molecule has 0 aliphatic rings. The van der Waals surface area contributed by atoms with E-state index in [1.165, 1.54) is 16.7 Å². The van der Waals surface area contributed by atoms with Gasteiger partial charge in [-0.25, -0.2) is 0 Å². The molecule has 2 heteroatoms. The number of nitrogens with two attached hydrogens (primary N) is 1. The minimum atomic E-state index is 0.152. The van der Waals surface area contributed by atoms with E-state index in [-0.39, 0.29) is 6.04 Å². The van der Waals surface area contributed by atoms with Crippen molar-refractivity contribution in [1.82, 2.24) is 0 Å². The number of rotatable bonds is 6. The normalized spacial score (nSPS) is 12.4. The Morgan fingerprint density at radius 1 is 1.00 bits per heavy atom. The lowest BCUT2D eigenvalue weighted by Gasteiger charge is -2.20. The fraction of sp³-hybridized carbons (Fsp3) is 0.368. The van der Waals surface area contributed by atoms with E-state index < -0.39 is 0 Å². The monoisotopic (exact) mass is 282 g/mol. The van der Waals surface area contributed by atoms with Gasteiger partial charge in [0.25, 0.3) is 0 Å². The first-order valence-corrected chi connectivity index (χ1v) is 7.71. The predicted octanol–water partition coefficient (Wildman–Crippen LogP) is 4.31. The van der Waals surface area contributed by atoms with Crippen molar-refractivity contribution in [3.05, 3.63) is 65.2 Å². The van der Waals surface area contributed by atoms with Crippen LogP contribution in [0.3, 0.4) is 0 Å². The van der Waals surface area contributed by atoms with Gasteiger partial charge in [0, 0.05) is 12.2 Å². The fourth-order valence-electron chi connectivity index (χ4n) is 2.56. The van der Waals surface area contributed by atoms with Crippen LogP contribution in [0.25, 0.3) is 0 Å². The molecule has 0 radical (unpaired) electrons. The first kappa shape index (κ1) is 15.6. The van der Waals surface area contributed by atoms with Gasteiger partial charge in [-0.3, -0.25) is 0 Å². The highest BCUT2D eigenvalue weighted by Crippen LogP contribution is 2.22. The van der Waals surface area contributed by atoms with E-state index in [4.69, 9.17) is 5.73 Å². The lowest BCUT2D eigenvalue weighted by molar-refractivity contribution is 0.647. The van der Waals surface area contributed by atoms with Crippen molar-refractivity contribution in [2.45, 2.75) is 33.2 Å². The fourth-order valence-corrected chi connectivity index (χ4v) is 2.56. The Hall–Kier alpha value is -1.80. The number of anilines is 1. The zero-order chi connectivity index (χ0) is 15.2. The van der Waals surface area contributed by atoms with Gasteiger partial charge in [-0.2, -0.15) is 0 Å². The van der Waals surface area contributed by atoms with E-state index in [0.717, 1.165) is 12.1 Å². The van der Waals surface area contributed by atoms with Crippen molar-refractivity contribution in [2.24, 2.45) is 11.7 Å². The highest BCUT2D eigenvalue weighted by Gasteiger charge is 2.10.